The Hall–Kier alpha value is -3.85. The third-order valence-electron chi connectivity index (χ3n) is 7.01. The number of halogens is 1. The smallest absolute Gasteiger partial charge is 0.248 e. The van der Waals surface area contributed by atoms with Crippen molar-refractivity contribution in [2.24, 2.45) is 5.92 Å². The number of nitrogens with zero attached hydrogens (tertiary/aromatic N) is 3. The molecule has 1 saturated heterocycles. The van der Waals surface area contributed by atoms with Crippen LogP contribution in [0.5, 0.6) is 5.75 Å². The lowest BCUT2D eigenvalue weighted by molar-refractivity contribution is -0.138. The Morgan fingerprint density at radius 3 is 2.76 bits per heavy atom. The van der Waals surface area contributed by atoms with Crippen molar-refractivity contribution in [1.82, 2.24) is 14.9 Å². The van der Waals surface area contributed by atoms with Gasteiger partial charge in [0, 0.05) is 37.5 Å². The maximum absolute atomic E-state index is 14.6. The average molecular weight is 505 g/mol. The van der Waals surface area contributed by atoms with Crippen molar-refractivity contribution < 1.29 is 23.8 Å². The quantitative estimate of drug-likeness (QED) is 0.510. The third kappa shape index (κ3) is 5.61. The first kappa shape index (κ1) is 24.8. The third-order valence-corrected chi connectivity index (χ3v) is 7.01. The van der Waals surface area contributed by atoms with Crippen molar-refractivity contribution >= 4 is 17.6 Å². The van der Waals surface area contributed by atoms with E-state index in [-0.39, 0.29) is 24.3 Å². The molecular weight excluding hydrogens is 475 g/mol. The summed E-state index contributed by atoms with van der Waals surface area (Å²) in [5.41, 5.74) is 3.73. The topological polar surface area (TPSA) is 105 Å². The summed E-state index contributed by atoms with van der Waals surface area (Å²) >= 11 is 0. The van der Waals surface area contributed by atoms with E-state index in [1.54, 1.807) is 18.6 Å². The second-order valence-corrected chi connectivity index (χ2v) is 9.59. The summed E-state index contributed by atoms with van der Waals surface area (Å²) in [7, 11) is 0. The molecule has 37 heavy (non-hydrogen) atoms. The minimum absolute atomic E-state index is 0.0501. The highest BCUT2D eigenvalue weighted by atomic mass is 19.1. The zero-order valence-corrected chi connectivity index (χ0v) is 20.5. The number of pyridine rings is 2. The number of carbonyl (C=O) groups is 2. The van der Waals surface area contributed by atoms with Gasteiger partial charge in [-0.2, -0.15) is 0 Å². The molecule has 0 unspecified atom stereocenters. The molecular formula is C28H29FN4O4. The van der Waals surface area contributed by atoms with E-state index < -0.39 is 24.8 Å². The minimum atomic E-state index is -1.33. The van der Waals surface area contributed by atoms with E-state index in [2.05, 4.69) is 15.3 Å². The van der Waals surface area contributed by atoms with E-state index in [1.165, 1.54) is 4.90 Å². The summed E-state index contributed by atoms with van der Waals surface area (Å²) in [5.74, 6) is 0.656. The SMILES string of the molecule is Cc1cc(-c2ccnc(NC(=O)[C@H]3C[C@@H]3c3cccnc3)c2)ccc1O[C@H]1CCN(C(=O)CO)C[C@H]1F. The van der Waals surface area contributed by atoms with E-state index in [0.29, 0.717) is 24.5 Å². The summed E-state index contributed by atoms with van der Waals surface area (Å²) < 4.78 is 20.6. The number of hydrogen-bond acceptors (Lipinski definition) is 6. The number of anilines is 1. The minimum Gasteiger partial charge on any atom is -0.487 e. The fourth-order valence-corrected chi connectivity index (χ4v) is 4.81. The molecule has 8 nitrogen and oxygen atoms in total. The number of ether oxygens (including phenoxy) is 1. The molecule has 4 atom stereocenters. The molecule has 1 aliphatic heterocycles. The van der Waals surface area contributed by atoms with Crippen LogP contribution in [0, 0.1) is 12.8 Å². The summed E-state index contributed by atoms with van der Waals surface area (Å²) in [6.45, 7) is 1.53. The first-order chi connectivity index (χ1) is 17.9. The van der Waals surface area contributed by atoms with E-state index in [1.807, 2.05) is 49.4 Å². The molecule has 0 spiro atoms. The molecule has 2 N–H and O–H groups in total. The lowest BCUT2D eigenvalue weighted by atomic mass is 10.0. The van der Waals surface area contributed by atoms with E-state index in [4.69, 9.17) is 9.84 Å². The highest BCUT2D eigenvalue weighted by Gasteiger charge is 2.44. The molecule has 192 valence electrons. The average Bonchev–Trinajstić information content (AvgIpc) is 3.72. The van der Waals surface area contributed by atoms with E-state index in [0.717, 1.165) is 28.7 Å². The first-order valence-electron chi connectivity index (χ1n) is 12.4. The van der Waals surface area contributed by atoms with E-state index >= 15 is 0 Å². The van der Waals surface area contributed by atoms with Crippen LogP contribution < -0.4 is 10.1 Å². The number of nitrogens with one attached hydrogen (secondary N) is 1. The number of benzene rings is 1. The van der Waals surface area contributed by atoms with Crippen LogP contribution in [-0.4, -0.2) is 63.8 Å². The number of amides is 2. The number of piperidine rings is 1. The second kappa shape index (κ2) is 10.6. The van der Waals surface area contributed by atoms with Crippen LogP contribution in [-0.2, 0) is 9.59 Å². The zero-order chi connectivity index (χ0) is 25.9. The number of aliphatic hydroxyl groups is 1. The number of carbonyl (C=O) groups excluding carboxylic acids is 2. The van der Waals surface area contributed by atoms with Gasteiger partial charge in [0.1, 0.15) is 24.3 Å². The monoisotopic (exact) mass is 504 g/mol. The number of aliphatic hydroxyl groups excluding tert-OH is 1. The molecule has 2 aliphatic rings. The highest BCUT2D eigenvalue weighted by molar-refractivity contribution is 5.95. The first-order valence-corrected chi connectivity index (χ1v) is 12.4. The van der Waals surface area contributed by atoms with Gasteiger partial charge in [0.15, 0.2) is 6.17 Å². The van der Waals surface area contributed by atoms with Crippen LogP contribution in [0.4, 0.5) is 10.2 Å². The largest absolute Gasteiger partial charge is 0.487 e. The molecule has 1 saturated carbocycles. The lowest BCUT2D eigenvalue weighted by Crippen LogP contribution is -2.50. The van der Waals surface area contributed by atoms with Gasteiger partial charge in [-0.25, -0.2) is 9.37 Å². The molecule has 2 fully saturated rings. The van der Waals surface area contributed by atoms with Crippen LogP contribution in [0.25, 0.3) is 11.1 Å². The van der Waals surface area contributed by atoms with Crippen molar-refractivity contribution in [3.8, 4) is 16.9 Å². The van der Waals surface area contributed by atoms with Crippen LogP contribution in [0.2, 0.25) is 0 Å². The van der Waals surface area contributed by atoms with Gasteiger partial charge in [-0.15, -0.1) is 0 Å². The van der Waals surface area contributed by atoms with E-state index in [9.17, 15) is 14.0 Å². The van der Waals surface area contributed by atoms with Crippen LogP contribution >= 0.6 is 0 Å². The molecule has 0 bridgehead atoms. The number of likely N-dealkylation sites (tertiary alicyclic amines) is 1. The Bertz CT molecular complexity index is 1290. The van der Waals surface area contributed by atoms with Gasteiger partial charge < -0.3 is 20.1 Å². The standard InChI is InChI=1S/C28H29FN4O4/c1-17-11-18(4-5-24(17)37-25-7-10-33(15-23(25)29)27(35)16-34)19-6-9-31-26(12-19)32-28(36)22-13-21(22)20-3-2-8-30-14-20/h2-6,8-9,11-12,14,21-23,25,34H,7,10,13,15-16H2,1H3,(H,31,32,36)/t21-,22+,23-,25+/m1/s1. The lowest BCUT2D eigenvalue weighted by Gasteiger charge is -2.34. The number of alkyl halides is 1. The predicted molar refractivity (Wildman–Crippen MR) is 136 cm³/mol. The van der Waals surface area contributed by atoms with Gasteiger partial charge in [0.05, 0.1) is 6.54 Å². The van der Waals surface area contributed by atoms with Crippen LogP contribution in [0.3, 0.4) is 0 Å². The Labute approximate surface area is 214 Å². The van der Waals surface area contributed by atoms with Crippen molar-refractivity contribution in [1.29, 1.82) is 0 Å². The molecule has 1 aliphatic carbocycles. The summed E-state index contributed by atoms with van der Waals surface area (Å²) in [6.07, 6.45) is 4.35. The molecule has 5 rings (SSSR count). The van der Waals surface area contributed by atoms with Gasteiger partial charge >= 0.3 is 0 Å². The molecule has 2 aromatic heterocycles. The fourth-order valence-electron chi connectivity index (χ4n) is 4.81. The molecule has 9 heteroatoms. The van der Waals surface area contributed by atoms with Crippen molar-refractivity contribution in [2.45, 2.75) is 38.0 Å². The normalized spacial score (nSPS) is 22.8. The zero-order valence-electron chi connectivity index (χ0n) is 20.5. The molecule has 1 aromatic carbocycles. The second-order valence-electron chi connectivity index (χ2n) is 9.59. The Balaban J connectivity index is 1.21. The predicted octanol–water partition coefficient (Wildman–Crippen LogP) is 3.50. The summed E-state index contributed by atoms with van der Waals surface area (Å²) in [6, 6.07) is 13.2. The Kier molecular flexibility index (Phi) is 7.14. The molecule has 3 heterocycles. The Morgan fingerprint density at radius 1 is 1.19 bits per heavy atom. The molecule has 0 radical (unpaired) electrons. The maximum atomic E-state index is 14.6. The number of hydrogen-bond donors (Lipinski definition) is 2. The van der Waals surface area contributed by atoms with Gasteiger partial charge in [0.25, 0.3) is 0 Å². The van der Waals surface area contributed by atoms with Crippen molar-refractivity contribution in [3.63, 3.8) is 0 Å². The van der Waals surface area contributed by atoms with Gasteiger partial charge in [-0.3, -0.25) is 14.6 Å². The van der Waals surface area contributed by atoms with Crippen LogP contribution in [0.15, 0.2) is 61.1 Å². The van der Waals surface area contributed by atoms with Gasteiger partial charge in [-0.1, -0.05) is 12.1 Å². The molecule has 3 aromatic rings. The summed E-state index contributed by atoms with van der Waals surface area (Å²) in [5, 5.41) is 11.9. The van der Waals surface area contributed by atoms with Crippen LogP contribution in [0.1, 0.15) is 29.9 Å². The Morgan fingerprint density at radius 2 is 2.03 bits per heavy atom. The highest BCUT2D eigenvalue weighted by Crippen LogP contribution is 2.47. The fraction of sp³-hybridized carbons (Fsp3) is 0.357. The number of aryl methyl sites for hydroxylation is 1. The maximum Gasteiger partial charge on any atom is 0.248 e. The number of aromatic nitrogens is 2. The summed E-state index contributed by atoms with van der Waals surface area (Å²) in [4.78, 5) is 34.1. The van der Waals surface area contributed by atoms with Crippen molar-refractivity contribution in [3.05, 3.63) is 72.2 Å². The molecule has 2 amide bonds. The number of rotatable bonds is 7. The van der Waals surface area contributed by atoms with Gasteiger partial charge in [0.2, 0.25) is 11.8 Å². The van der Waals surface area contributed by atoms with Gasteiger partial charge in [-0.05, 0) is 71.8 Å². The van der Waals surface area contributed by atoms with Crippen molar-refractivity contribution in [2.75, 3.05) is 25.0 Å².